The van der Waals surface area contributed by atoms with Gasteiger partial charge in [-0.1, -0.05) is 101 Å². The molecule has 314 valence electrons. The fourth-order valence-electron chi connectivity index (χ4n) is 7.12. The third-order valence-electron chi connectivity index (χ3n) is 10.7. The lowest BCUT2D eigenvalue weighted by Crippen LogP contribution is -2.69. The van der Waals surface area contributed by atoms with Crippen LogP contribution >= 0.6 is 0 Å². The number of aromatic nitrogens is 1. The third kappa shape index (κ3) is 11.0. The molecule has 57 heavy (non-hydrogen) atoms. The van der Waals surface area contributed by atoms with Crippen molar-refractivity contribution in [2.45, 2.75) is 110 Å². The first-order valence-corrected chi connectivity index (χ1v) is 19.1. The highest BCUT2D eigenvalue weighted by atomic mass is 16.7. The van der Waals surface area contributed by atoms with Crippen molar-refractivity contribution < 1.29 is 54.4 Å². The monoisotopic (exact) mass is 796 g/mol. The highest BCUT2D eigenvalue weighted by Crippen LogP contribution is 2.44. The molecule has 2 fully saturated rings. The van der Waals surface area contributed by atoms with Crippen LogP contribution in [0.25, 0.3) is 0 Å². The van der Waals surface area contributed by atoms with E-state index < -0.39 is 94.9 Å². The van der Waals surface area contributed by atoms with Gasteiger partial charge in [-0.3, -0.25) is 14.4 Å². The summed E-state index contributed by atoms with van der Waals surface area (Å²) >= 11 is 0. The maximum atomic E-state index is 13.3. The maximum absolute atomic E-state index is 13.3. The van der Waals surface area contributed by atoms with Gasteiger partial charge in [-0.25, -0.2) is 0 Å². The van der Waals surface area contributed by atoms with Gasteiger partial charge in [-0.2, -0.15) is 0 Å². The number of ether oxygens (including phenoxy) is 3. The van der Waals surface area contributed by atoms with Crippen LogP contribution in [0.15, 0.2) is 101 Å². The number of hydrogen-bond donors (Lipinski definition) is 8. The molecular weight excluding hydrogens is 736 g/mol. The Hall–Kier alpha value is -4.25. The van der Waals surface area contributed by atoms with Crippen molar-refractivity contribution in [3.05, 3.63) is 112 Å². The van der Waals surface area contributed by atoms with Crippen LogP contribution in [0.1, 0.15) is 65.2 Å². The van der Waals surface area contributed by atoms with Crippen LogP contribution in [-0.2, 0) is 19.0 Å². The molecule has 0 aliphatic carbocycles. The molecule has 2 aliphatic heterocycles. The molecule has 3 rings (SSSR count). The molecule has 2 aliphatic rings. The lowest BCUT2D eigenvalue weighted by Gasteiger charge is -2.53. The zero-order valence-electron chi connectivity index (χ0n) is 33.9. The minimum atomic E-state index is -2.34. The number of pyridine rings is 1. The Labute approximate surface area is 334 Å². The van der Waals surface area contributed by atoms with E-state index in [0.29, 0.717) is 0 Å². The standard InChI is InChI=1S/C43H60N2O12/c1-9-11-13-21-31-42(6,7)38(50)39(51)43(54,57-31)28(10-2)40(52)44-23-17-16-19-26(4)36(55-8)27(5)37-35(49)34(48)30(56-37)20-15-12-14-18-25(3)33(47)32-29(46)22-24-45-41(32)53/h9,11-22,24,27-28,30-31,34-39,48-51,54H,10,23H2,1-8H3,(H,44,52)(H2,45,46,53)/b11-9+,14-12+,17-16+,20-15+,21-13+,25-18+,26-19+/t27-,28-,30?,31+,34+,35+,36-,37?,38+,39-,43-/m1/s1. The van der Waals surface area contributed by atoms with Crippen LogP contribution in [0.4, 0.5) is 0 Å². The van der Waals surface area contributed by atoms with Crippen LogP contribution in [0, 0.1) is 17.3 Å². The van der Waals surface area contributed by atoms with Gasteiger partial charge >= 0.3 is 0 Å². The van der Waals surface area contributed by atoms with E-state index in [9.17, 15) is 45.0 Å². The third-order valence-corrected chi connectivity index (χ3v) is 10.7. The van der Waals surface area contributed by atoms with Crippen LogP contribution < -0.4 is 10.9 Å². The molecule has 11 atom stereocenters. The Morgan fingerprint density at radius 3 is 2.32 bits per heavy atom. The predicted molar refractivity (Wildman–Crippen MR) is 215 cm³/mol. The SMILES string of the molecule is C/C=C/C=C/[C@@H]1O[C@](O)([C@H](CC)C(=O)NC/C=C/C=C(\C)[C@@H](OC)[C@@H](C)C2OC(/C=C/C=C/C=C(\C)C(=O)c3c(O)cc[nH]c3=O)[C@H](O)[C@@H]2O)[C@H](O)[C@H](O)C1(C)C. The second-order valence-corrected chi connectivity index (χ2v) is 15.0. The average Bonchev–Trinajstić information content (AvgIpc) is 3.45. The van der Waals surface area contributed by atoms with Crippen molar-refractivity contribution in [3.63, 3.8) is 0 Å². The van der Waals surface area contributed by atoms with E-state index in [0.717, 1.165) is 5.57 Å². The molecule has 0 radical (unpaired) electrons. The van der Waals surface area contributed by atoms with Gasteiger partial charge in [0.1, 0.15) is 35.7 Å². The molecule has 1 aromatic rings. The van der Waals surface area contributed by atoms with Gasteiger partial charge in [0.2, 0.25) is 11.7 Å². The van der Waals surface area contributed by atoms with Crippen molar-refractivity contribution >= 4 is 11.7 Å². The van der Waals surface area contributed by atoms with Crippen LogP contribution in [-0.4, -0.2) is 116 Å². The highest BCUT2D eigenvalue weighted by molar-refractivity contribution is 6.09. The number of methoxy groups -OCH3 is 1. The van der Waals surface area contributed by atoms with Crippen molar-refractivity contribution in [3.8, 4) is 5.75 Å². The number of hydrogen-bond acceptors (Lipinski definition) is 12. The number of nitrogens with one attached hydrogen (secondary N) is 2. The van der Waals surface area contributed by atoms with Gasteiger partial charge in [-0.15, -0.1) is 0 Å². The number of carbonyl (C=O) groups is 2. The molecule has 0 bridgehead atoms. The Morgan fingerprint density at radius 2 is 1.68 bits per heavy atom. The summed E-state index contributed by atoms with van der Waals surface area (Å²) in [6.45, 7) is 12.2. The summed E-state index contributed by atoms with van der Waals surface area (Å²) in [6, 6.07) is 1.22. The first-order valence-electron chi connectivity index (χ1n) is 19.1. The number of carbonyl (C=O) groups excluding carboxylic acids is 2. The van der Waals surface area contributed by atoms with Crippen molar-refractivity contribution in [1.29, 1.82) is 0 Å². The van der Waals surface area contributed by atoms with E-state index in [2.05, 4.69) is 10.3 Å². The molecule has 1 amide bonds. The summed E-state index contributed by atoms with van der Waals surface area (Å²) in [5.74, 6) is -5.55. The van der Waals surface area contributed by atoms with Gasteiger partial charge < -0.3 is 55.2 Å². The number of Topliss-reactive ketones (excluding diaryl/α,β-unsaturated/α-hetero) is 1. The van der Waals surface area contributed by atoms with Crippen molar-refractivity contribution in [1.82, 2.24) is 10.3 Å². The number of aliphatic hydroxyl groups is 5. The molecule has 14 heteroatoms. The van der Waals surface area contributed by atoms with E-state index in [-0.39, 0.29) is 24.1 Å². The fraction of sp³-hybridized carbons (Fsp3) is 0.512. The molecule has 1 aromatic heterocycles. The minimum absolute atomic E-state index is 0.0817. The summed E-state index contributed by atoms with van der Waals surface area (Å²) in [5.41, 5.74) is -1.02. The Balaban J connectivity index is 1.60. The summed E-state index contributed by atoms with van der Waals surface area (Å²) in [6.07, 6.45) is 12.8. The molecular formula is C43H60N2O12. The van der Waals surface area contributed by atoms with Crippen LogP contribution in [0.5, 0.6) is 5.75 Å². The van der Waals surface area contributed by atoms with Crippen molar-refractivity contribution in [2.24, 2.45) is 17.3 Å². The zero-order chi connectivity index (χ0) is 42.7. The number of H-pyrrole nitrogens is 1. The number of aromatic amines is 1. The topological polar surface area (TPSA) is 228 Å². The number of ketones is 1. The zero-order valence-corrected chi connectivity index (χ0v) is 33.9. The average molecular weight is 797 g/mol. The summed E-state index contributed by atoms with van der Waals surface area (Å²) in [7, 11) is 1.52. The second kappa shape index (κ2) is 21.0. The molecule has 0 aromatic carbocycles. The van der Waals surface area contributed by atoms with E-state index >= 15 is 0 Å². The highest BCUT2D eigenvalue weighted by Gasteiger charge is 2.60. The summed E-state index contributed by atoms with van der Waals surface area (Å²) < 4.78 is 17.8. The molecule has 2 saturated heterocycles. The van der Waals surface area contributed by atoms with Crippen LogP contribution in [0.2, 0.25) is 0 Å². The molecule has 8 N–H and O–H groups in total. The fourth-order valence-corrected chi connectivity index (χ4v) is 7.12. The van der Waals surface area contributed by atoms with Gasteiger partial charge in [0, 0.05) is 31.2 Å². The first kappa shape index (κ1) is 47.1. The Morgan fingerprint density at radius 1 is 1.00 bits per heavy atom. The number of aliphatic hydroxyl groups excluding tert-OH is 4. The van der Waals surface area contributed by atoms with E-state index in [1.54, 1.807) is 81.5 Å². The molecule has 0 saturated carbocycles. The quantitative estimate of drug-likeness (QED) is 0.0647. The molecule has 0 spiro atoms. The Kier molecular flexibility index (Phi) is 17.3. The van der Waals surface area contributed by atoms with Crippen LogP contribution in [0.3, 0.4) is 0 Å². The summed E-state index contributed by atoms with van der Waals surface area (Å²) in [5, 5.41) is 67.8. The second-order valence-electron chi connectivity index (χ2n) is 15.0. The van der Waals surface area contributed by atoms with E-state index in [1.165, 1.54) is 32.4 Å². The number of aromatic hydroxyl groups is 1. The number of amides is 1. The largest absolute Gasteiger partial charge is 0.507 e. The molecule has 3 heterocycles. The minimum Gasteiger partial charge on any atom is -0.507 e. The molecule has 2 unspecified atom stereocenters. The van der Waals surface area contributed by atoms with Gasteiger partial charge in [0.25, 0.3) is 5.56 Å². The predicted octanol–water partition coefficient (Wildman–Crippen LogP) is 3.07. The lowest BCUT2D eigenvalue weighted by molar-refractivity contribution is -0.359. The van der Waals surface area contributed by atoms with Gasteiger partial charge in [-0.05, 0) is 44.4 Å². The Bertz CT molecular complexity index is 1810. The molecule has 14 nitrogen and oxygen atoms in total. The normalized spacial score (nSPS) is 30.2. The number of rotatable bonds is 17. The van der Waals surface area contributed by atoms with E-state index in [1.807, 2.05) is 26.8 Å². The number of allylic oxidation sites excluding steroid dienone is 10. The van der Waals surface area contributed by atoms with Crippen molar-refractivity contribution in [2.75, 3.05) is 13.7 Å². The van der Waals surface area contributed by atoms with Gasteiger partial charge in [0.05, 0.1) is 30.3 Å². The van der Waals surface area contributed by atoms with Gasteiger partial charge in [0.15, 0.2) is 5.78 Å². The van der Waals surface area contributed by atoms with E-state index in [4.69, 9.17) is 14.2 Å². The first-order chi connectivity index (χ1) is 26.9. The summed E-state index contributed by atoms with van der Waals surface area (Å²) in [4.78, 5) is 40.2. The lowest BCUT2D eigenvalue weighted by atomic mass is 9.71. The maximum Gasteiger partial charge on any atom is 0.262 e. The smallest absolute Gasteiger partial charge is 0.262 e.